The molecular formula is C11H20N4O2S2. The molecule has 1 aromatic heterocycles. The summed E-state index contributed by atoms with van der Waals surface area (Å²) in [6.45, 7) is 4.52. The van der Waals surface area contributed by atoms with E-state index in [-0.39, 0.29) is 11.1 Å². The molecule has 2 heterocycles. The van der Waals surface area contributed by atoms with Crippen LogP contribution in [0, 0.1) is 0 Å². The minimum Gasteiger partial charge on any atom is -0.310 e. The van der Waals surface area contributed by atoms with Crippen LogP contribution >= 0.6 is 11.8 Å². The fraction of sp³-hybridized carbons (Fsp3) is 0.727. The van der Waals surface area contributed by atoms with Crippen molar-refractivity contribution in [3.8, 4) is 0 Å². The molecular weight excluding hydrogens is 284 g/mol. The monoisotopic (exact) mass is 304 g/mol. The van der Waals surface area contributed by atoms with Crippen molar-refractivity contribution in [1.82, 2.24) is 20.2 Å². The SMILES string of the molecule is CC(C)NCc1cn[nH]c1S(=O)(=O)NC1CCSC1. The molecule has 1 atom stereocenters. The number of sulfonamides is 1. The molecule has 1 aromatic rings. The summed E-state index contributed by atoms with van der Waals surface area (Å²) in [5, 5.41) is 9.82. The molecule has 0 bridgehead atoms. The lowest BCUT2D eigenvalue weighted by Gasteiger charge is -2.12. The molecule has 3 N–H and O–H groups in total. The van der Waals surface area contributed by atoms with Gasteiger partial charge < -0.3 is 5.32 Å². The Kier molecular flexibility index (Phi) is 4.88. The minimum absolute atomic E-state index is 0.0317. The highest BCUT2D eigenvalue weighted by atomic mass is 32.2. The highest BCUT2D eigenvalue weighted by Gasteiger charge is 2.26. The van der Waals surface area contributed by atoms with E-state index in [0.29, 0.717) is 18.2 Å². The Bertz CT molecular complexity index is 507. The summed E-state index contributed by atoms with van der Waals surface area (Å²) in [5.41, 5.74) is 0.673. The van der Waals surface area contributed by atoms with E-state index in [2.05, 4.69) is 20.2 Å². The summed E-state index contributed by atoms with van der Waals surface area (Å²) in [4.78, 5) is 0. The van der Waals surface area contributed by atoms with Crippen LogP contribution in [0.4, 0.5) is 0 Å². The predicted molar refractivity (Wildman–Crippen MR) is 76.6 cm³/mol. The lowest BCUT2D eigenvalue weighted by atomic mass is 10.3. The summed E-state index contributed by atoms with van der Waals surface area (Å²) < 4.78 is 27.3. The Morgan fingerprint density at radius 3 is 3.00 bits per heavy atom. The van der Waals surface area contributed by atoms with Crippen LogP contribution in [0.3, 0.4) is 0 Å². The Balaban J connectivity index is 2.09. The second-order valence-electron chi connectivity index (χ2n) is 4.94. The van der Waals surface area contributed by atoms with Crippen LogP contribution in [0.2, 0.25) is 0 Å². The third-order valence-electron chi connectivity index (χ3n) is 2.90. The van der Waals surface area contributed by atoms with Crippen molar-refractivity contribution < 1.29 is 8.42 Å². The molecule has 1 aliphatic heterocycles. The lowest BCUT2D eigenvalue weighted by Crippen LogP contribution is -2.35. The molecule has 108 valence electrons. The molecule has 1 unspecified atom stereocenters. The Morgan fingerprint density at radius 2 is 2.37 bits per heavy atom. The first-order chi connectivity index (χ1) is 8.99. The normalized spacial score (nSPS) is 20.3. The van der Waals surface area contributed by atoms with Crippen LogP contribution in [0.15, 0.2) is 11.2 Å². The van der Waals surface area contributed by atoms with Crippen molar-refractivity contribution in [3.63, 3.8) is 0 Å². The fourth-order valence-corrected chi connectivity index (χ4v) is 4.54. The molecule has 2 rings (SSSR count). The van der Waals surface area contributed by atoms with E-state index in [9.17, 15) is 8.42 Å². The highest BCUT2D eigenvalue weighted by Crippen LogP contribution is 2.20. The van der Waals surface area contributed by atoms with Gasteiger partial charge in [0.15, 0.2) is 5.03 Å². The van der Waals surface area contributed by atoms with Crippen molar-refractivity contribution in [1.29, 1.82) is 0 Å². The van der Waals surface area contributed by atoms with Crippen molar-refractivity contribution in [3.05, 3.63) is 11.8 Å². The molecule has 1 aliphatic rings. The molecule has 6 nitrogen and oxygen atoms in total. The van der Waals surface area contributed by atoms with Gasteiger partial charge in [-0.2, -0.15) is 16.9 Å². The third-order valence-corrected chi connectivity index (χ3v) is 5.60. The summed E-state index contributed by atoms with van der Waals surface area (Å²) in [7, 11) is -3.50. The first-order valence-corrected chi connectivity index (χ1v) is 8.98. The largest absolute Gasteiger partial charge is 0.310 e. The number of nitrogens with one attached hydrogen (secondary N) is 3. The Labute approximate surface area is 118 Å². The first kappa shape index (κ1) is 14.8. The van der Waals surface area contributed by atoms with Gasteiger partial charge in [-0.3, -0.25) is 5.10 Å². The molecule has 0 amide bonds. The molecule has 8 heteroatoms. The number of thioether (sulfide) groups is 1. The van der Waals surface area contributed by atoms with E-state index in [1.54, 1.807) is 18.0 Å². The predicted octanol–water partition coefficient (Wildman–Crippen LogP) is 0.692. The van der Waals surface area contributed by atoms with E-state index in [0.717, 1.165) is 17.9 Å². The number of aromatic nitrogens is 2. The molecule has 0 aromatic carbocycles. The quantitative estimate of drug-likeness (QED) is 0.720. The minimum atomic E-state index is -3.50. The Hall–Kier alpha value is -0.570. The molecule has 0 aliphatic carbocycles. The molecule has 19 heavy (non-hydrogen) atoms. The van der Waals surface area contributed by atoms with Crippen molar-refractivity contribution in [2.75, 3.05) is 11.5 Å². The van der Waals surface area contributed by atoms with Crippen molar-refractivity contribution in [2.24, 2.45) is 0 Å². The average Bonchev–Trinajstić information content (AvgIpc) is 2.95. The van der Waals surface area contributed by atoms with Gasteiger partial charge in [0.2, 0.25) is 0 Å². The van der Waals surface area contributed by atoms with E-state index >= 15 is 0 Å². The molecule has 0 saturated carbocycles. The number of aromatic amines is 1. The summed E-state index contributed by atoms with van der Waals surface area (Å²) in [6, 6.07) is 0.328. The maximum absolute atomic E-state index is 12.3. The Morgan fingerprint density at radius 1 is 1.58 bits per heavy atom. The second-order valence-corrected chi connectivity index (χ2v) is 7.74. The number of hydrogen-bond donors (Lipinski definition) is 3. The van der Waals surface area contributed by atoms with E-state index < -0.39 is 10.0 Å². The van der Waals surface area contributed by atoms with E-state index in [1.807, 2.05) is 13.8 Å². The molecule has 0 radical (unpaired) electrons. The maximum atomic E-state index is 12.3. The summed E-state index contributed by atoms with van der Waals surface area (Å²) in [6.07, 6.45) is 2.45. The number of nitrogens with zero attached hydrogens (tertiary/aromatic N) is 1. The topological polar surface area (TPSA) is 86.9 Å². The van der Waals surface area contributed by atoms with Crippen LogP contribution in [-0.2, 0) is 16.6 Å². The van der Waals surface area contributed by atoms with Gasteiger partial charge in [-0.25, -0.2) is 13.1 Å². The van der Waals surface area contributed by atoms with Gasteiger partial charge in [0.1, 0.15) is 0 Å². The van der Waals surface area contributed by atoms with Crippen LogP contribution in [-0.4, -0.2) is 42.2 Å². The van der Waals surface area contributed by atoms with Crippen molar-refractivity contribution in [2.45, 2.75) is 43.9 Å². The van der Waals surface area contributed by atoms with Crippen LogP contribution < -0.4 is 10.0 Å². The fourth-order valence-electron chi connectivity index (χ4n) is 1.88. The van der Waals surface area contributed by atoms with Gasteiger partial charge in [0.25, 0.3) is 10.0 Å². The summed E-state index contributed by atoms with van der Waals surface area (Å²) in [5.74, 6) is 1.85. The number of hydrogen-bond acceptors (Lipinski definition) is 5. The van der Waals surface area contributed by atoms with E-state index in [1.165, 1.54) is 0 Å². The number of H-pyrrole nitrogens is 1. The van der Waals surface area contributed by atoms with Gasteiger partial charge in [0.05, 0.1) is 6.20 Å². The highest BCUT2D eigenvalue weighted by molar-refractivity contribution is 7.99. The zero-order valence-corrected chi connectivity index (χ0v) is 12.8. The van der Waals surface area contributed by atoms with Gasteiger partial charge in [-0.1, -0.05) is 13.8 Å². The first-order valence-electron chi connectivity index (χ1n) is 6.35. The van der Waals surface area contributed by atoms with Gasteiger partial charge in [-0.15, -0.1) is 0 Å². The summed E-state index contributed by atoms with van der Waals surface area (Å²) >= 11 is 1.77. The van der Waals surface area contributed by atoms with E-state index in [4.69, 9.17) is 0 Å². The molecule has 1 fully saturated rings. The van der Waals surface area contributed by atoms with Gasteiger partial charge >= 0.3 is 0 Å². The van der Waals surface area contributed by atoms with Gasteiger partial charge in [0, 0.05) is 29.9 Å². The maximum Gasteiger partial charge on any atom is 0.258 e. The second kappa shape index (κ2) is 6.25. The van der Waals surface area contributed by atoms with Crippen molar-refractivity contribution >= 4 is 21.8 Å². The average molecular weight is 304 g/mol. The van der Waals surface area contributed by atoms with Gasteiger partial charge in [-0.05, 0) is 12.2 Å². The van der Waals surface area contributed by atoms with Crippen LogP contribution in [0.1, 0.15) is 25.8 Å². The lowest BCUT2D eigenvalue weighted by molar-refractivity contribution is 0.551. The zero-order chi connectivity index (χ0) is 13.9. The standard InChI is InChI=1S/C11H20N4O2S2/c1-8(2)12-5-9-6-13-14-11(9)19(16,17)15-10-3-4-18-7-10/h6,8,10,12,15H,3-5,7H2,1-2H3,(H,13,14). The van der Waals surface area contributed by atoms with Crippen LogP contribution in [0.5, 0.6) is 0 Å². The molecule has 1 saturated heterocycles. The smallest absolute Gasteiger partial charge is 0.258 e. The third kappa shape index (κ3) is 3.95. The zero-order valence-electron chi connectivity index (χ0n) is 11.1. The van der Waals surface area contributed by atoms with Crippen LogP contribution in [0.25, 0.3) is 0 Å². The molecule has 0 spiro atoms. The number of rotatable bonds is 6.